The summed E-state index contributed by atoms with van der Waals surface area (Å²) in [5.74, 6) is 1.68. The first kappa shape index (κ1) is 15.7. The first-order valence-electron chi connectivity index (χ1n) is 8.44. The first-order valence-corrected chi connectivity index (χ1v) is 8.44. The zero-order valence-electron chi connectivity index (χ0n) is 14.2. The van der Waals surface area contributed by atoms with Gasteiger partial charge in [-0.25, -0.2) is 0 Å². The molecular formula is C21H20N2O2. The molecule has 0 amide bonds. The molecular weight excluding hydrogens is 312 g/mol. The van der Waals surface area contributed by atoms with Crippen LogP contribution in [-0.2, 0) is 13.0 Å². The van der Waals surface area contributed by atoms with Crippen molar-refractivity contribution < 1.29 is 9.15 Å². The Morgan fingerprint density at radius 1 is 1.04 bits per heavy atom. The molecule has 126 valence electrons. The molecule has 0 aliphatic carbocycles. The standard InChI is InChI=1S/C21H20N2O2/c1-24-19-9-3-7-17-13-18(25-21(17)19)14-22-12-10-16-6-2-5-15-8-4-11-23-20(15)16/h2-9,11,13,22H,10,12,14H2,1H3. The molecule has 4 heteroatoms. The number of pyridine rings is 1. The van der Waals surface area contributed by atoms with Crippen molar-refractivity contribution in [3.63, 3.8) is 0 Å². The highest BCUT2D eigenvalue weighted by Crippen LogP contribution is 2.28. The van der Waals surface area contributed by atoms with Crippen LogP contribution in [-0.4, -0.2) is 18.6 Å². The molecule has 0 spiro atoms. The van der Waals surface area contributed by atoms with Crippen molar-refractivity contribution in [1.29, 1.82) is 0 Å². The van der Waals surface area contributed by atoms with E-state index in [9.17, 15) is 0 Å². The zero-order chi connectivity index (χ0) is 17.1. The van der Waals surface area contributed by atoms with Crippen LogP contribution in [0.25, 0.3) is 21.9 Å². The van der Waals surface area contributed by atoms with Gasteiger partial charge >= 0.3 is 0 Å². The molecule has 2 aromatic heterocycles. The maximum atomic E-state index is 5.91. The number of ether oxygens (including phenoxy) is 1. The fourth-order valence-electron chi connectivity index (χ4n) is 3.14. The van der Waals surface area contributed by atoms with E-state index >= 15 is 0 Å². The SMILES string of the molecule is COc1cccc2cc(CNCCc3cccc4cccnc34)oc12. The summed E-state index contributed by atoms with van der Waals surface area (Å²) in [5.41, 5.74) is 3.15. The molecule has 0 atom stereocenters. The number of benzene rings is 2. The Labute approximate surface area is 146 Å². The molecule has 0 aliphatic heterocycles. The molecule has 1 N–H and O–H groups in total. The monoisotopic (exact) mass is 332 g/mol. The van der Waals surface area contributed by atoms with Gasteiger partial charge in [0.05, 0.1) is 19.2 Å². The summed E-state index contributed by atoms with van der Waals surface area (Å²) in [6.07, 6.45) is 2.78. The van der Waals surface area contributed by atoms with E-state index in [2.05, 4.69) is 40.6 Å². The smallest absolute Gasteiger partial charge is 0.176 e. The van der Waals surface area contributed by atoms with Crippen molar-refractivity contribution in [3.05, 3.63) is 72.1 Å². The van der Waals surface area contributed by atoms with Crippen LogP contribution in [0.5, 0.6) is 5.75 Å². The summed E-state index contributed by atoms with van der Waals surface area (Å²) in [6, 6.07) is 18.4. The maximum absolute atomic E-state index is 5.91. The van der Waals surface area contributed by atoms with E-state index in [1.807, 2.05) is 30.5 Å². The lowest BCUT2D eigenvalue weighted by molar-refractivity contribution is 0.406. The highest BCUT2D eigenvalue weighted by molar-refractivity contribution is 5.83. The Morgan fingerprint density at radius 2 is 1.88 bits per heavy atom. The van der Waals surface area contributed by atoms with Crippen molar-refractivity contribution in [2.75, 3.05) is 13.7 Å². The fourth-order valence-corrected chi connectivity index (χ4v) is 3.14. The topological polar surface area (TPSA) is 47.3 Å². The van der Waals surface area contributed by atoms with E-state index in [-0.39, 0.29) is 0 Å². The number of furan rings is 1. The number of fused-ring (bicyclic) bond motifs is 2. The van der Waals surface area contributed by atoms with Gasteiger partial charge in [0.2, 0.25) is 0 Å². The minimum Gasteiger partial charge on any atom is -0.493 e. The third-order valence-corrected chi connectivity index (χ3v) is 4.37. The van der Waals surface area contributed by atoms with Gasteiger partial charge in [-0.05, 0) is 36.7 Å². The molecule has 0 saturated heterocycles. The molecule has 2 heterocycles. The van der Waals surface area contributed by atoms with E-state index < -0.39 is 0 Å². The van der Waals surface area contributed by atoms with Crippen molar-refractivity contribution in [1.82, 2.24) is 10.3 Å². The van der Waals surface area contributed by atoms with E-state index in [1.165, 1.54) is 10.9 Å². The Morgan fingerprint density at radius 3 is 2.80 bits per heavy atom. The summed E-state index contributed by atoms with van der Waals surface area (Å²) < 4.78 is 11.3. The lowest BCUT2D eigenvalue weighted by Gasteiger charge is -2.06. The molecule has 4 aromatic rings. The van der Waals surface area contributed by atoms with Gasteiger partial charge in [0.1, 0.15) is 5.76 Å². The van der Waals surface area contributed by atoms with Crippen molar-refractivity contribution in [2.24, 2.45) is 0 Å². The second-order valence-electron chi connectivity index (χ2n) is 6.01. The number of hydrogen-bond acceptors (Lipinski definition) is 4. The Kier molecular flexibility index (Phi) is 4.36. The summed E-state index contributed by atoms with van der Waals surface area (Å²) in [6.45, 7) is 1.56. The summed E-state index contributed by atoms with van der Waals surface area (Å²) in [7, 11) is 1.66. The van der Waals surface area contributed by atoms with Crippen LogP contribution >= 0.6 is 0 Å². The normalized spacial score (nSPS) is 11.2. The summed E-state index contributed by atoms with van der Waals surface area (Å²) in [4.78, 5) is 4.51. The molecule has 0 saturated carbocycles. The molecule has 0 bridgehead atoms. The molecule has 0 fully saturated rings. The van der Waals surface area contributed by atoms with Crippen LogP contribution in [0.1, 0.15) is 11.3 Å². The predicted molar refractivity (Wildman–Crippen MR) is 99.9 cm³/mol. The van der Waals surface area contributed by atoms with Gasteiger partial charge in [-0.1, -0.05) is 36.4 Å². The number of rotatable bonds is 6. The highest BCUT2D eigenvalue weighted by atomic mass is 16.5. The average Bonchev–Trinajstić information content (AvgIpc) is 3.08. The molecule has 4 rings (SSSR count). The number of nitrogens with one attached hydrogen (secondary N) is 1. The van der Waals surface area contributed by atoms with Gasteiger partial charge in [0, 0.05) is 17.0 Å². The zero-order valence-corrected chi connectivity index (χ0v) is 14.2. The molecule has 0 radical (unpaired) electrons. The van der Waals surface area contributed by atoms with Crippen LogP contribution < -0.4 is 10.1 Å². The minimum absolute atomic E-state index is 0.691. The quantitative estimate of drug-likeness (QED) is 0.534. The van der Waals surface area contributed by atoms with Crippen molar-refractivity contribution in [2.45, 2.75) is 13.0 Å². The largest absolute Gasteiger partial charge is 0.493 e. The third-order valence-electron chi connectivity index (χ3n) is 4.37. The second-order valence-corrected chi connectivity index (χ2v) is 6.01. The van der Waals surface area contributed by atoms with Gasteiger partial charge < -0.3 is 14.5 Å². The van der Waals surface area contributed by atoms with Crippen LogP contribution in [0.3, 0.4) is 0 Å². The summed E-state index contributed by atoms with van der Waals surface area (Å²) >= 11 is 0. The summed E-state index contributed by atoms with van der Waals surface area (Å²) in [5, 5.41) is 5.70. The third kappa shape index (κ3) is 3.21. The van der Waals surface area contributed by atoms with Crippen molar-refractivity contribution in [3.8, 4) is 5.75 Å². The number of methoxy groups -OCH3 is 1. The van der Waals surface area contributed by atoms with Gasteiger partial charge in [-0.15, -0.1) is 0 Å². The Balaban J connectivity index is 1.41. The van der Waals surface area contributed by atoms with Crippen LogP contribution in [0.15, 0.2) is 65.2 Å². The van der Waals surface area contributed by atoms with Gasteiger partial charge in [-0.2, -0.15) is 0 Å². The number of nitrogens with zero attached hydrogens (tertiary/aromatic N) is 1. The van der Waals surface area contributed by atoms with E-state index in [4.69, 9.17) is 9.15 Å². The second kappa shape index (κ2) is 6.95. The minimum atomic E-state index is 0.691. The van der Waals surface area contributed by atoms with Crippen LogP contribution in [0.2, 0.25) is 0 Å². The van der Waals surface area contributed by atoms with Crippen molar-refractivity contribution >= 4 is 21.9 Å². The van der Waals surface area contributed by atoms with E-state index in [0.717, 1.165) is 41.0 Å². The number of aromatic nitrogens is 1. The fraction of sp³-hybridized carbons (Fsp3) is 0.190. The number of hydrogen-bond donors (Lipinski definition) is 1. The lowest BCUT2D eigenvalue weighted by Crippen LogP contribution is -2.16. The Bertz CT molecular complexity index is 1000. The molecule has 2 aromatic carbocycles. The van der Waals surface area contributed by atoms with Gasteiger partial charge in [-0.3, -0.25) is 4.98 Å². The molecule has 4 nitrogen and oxygen atoms in total. The van der Waals surface area contributed by atoms with Crippen LogP contribution in [0, 0.1) is 0 Å². The average molecular weight is 332 g/mol. The maximum Gasteiger partial charge on any atom is 0.176 e. The molecule has 25 heavy (non-hydrogen) atoms. The molecule has 0 aliphatic rings. The van der Waals surface area contributed by atoms with E-state index in [1.54, 1.807) is 7.11 Å². The number of para-hydroxylation sites is 2. The highest BCUT2D eigenvalue weighted by Gasteiger charge is 2.08. The van der Waals surface area contributed by atoms with Gasteiger partial charge in [0.25, 0.3) is 0 Å². The van der Waals surface area contributed by atoms with Gasteiger partial charge in [0.15, 0.2) is 11.3 Å². The molecule has 0 unspecified atom stereocenters. The first-order chi connectivity index (χ1) is 12.3. The van der Waals surface area contributed by atoms with E-state index in [0.29, 0.717) is 6.54 Å². The van der Waals surface area contributed by atoms with Crippen LogP contribution in [0.4, 0.5) is 0 Å². The Hall–Kier alpha value is -2.85. The predicted octanol–water partition coefficient (Wildman–Crippen LogP) is 4.32. The lowest BCUT2D eigenvalue weighted by atomic mass is 10.1.